The summed E-state index contributed by atoms with van der Waals surface area (Å²) >= 11 is 0. The number of aromatic nitrogens is 3. The Morgan fingerprint density at radius 2 is 2.04 bits per heavy atom. The number of fused-ring (bicyclic) bond motifs is 1. The van der Waals surface area contributed by atoms with E-state index in [4.69, 9.17) is 0 Å². The topological polar surface area (TPSA) is 88.9 Å². The van der Waals surface area contributed by atoms with Gasteiger partial charge in [0.15, 0.2) is 0 Å². The Morgan fingerprint density at radius 1 is 1.22 bits per heavy atom. The number of rotatable bonds is 4. The molecule has 0 spiro atoms. The molecular formula is C16H15N5O2. The van der Waals surface area contributed by atoms with Gasteiger partial charge < -0.3 is 0 Å². The largest absolute Gasteiger partial charge is 0.277 e. The van der Waals surface area contributed by atoms with Gasteiger partial charge in [-0.15, -0.1) is 0 Å². The number of hydrogen-bond donors (Lipinski definition) is 2. The predicted molar refractivity (Wildman–Crippen MR) is 87.0 cm³/mol. The summed E-state index contributed by atoms with van der Waals surface area (Å²) in [5, 5.41) is 0.540. The predicted octanol–water partition coefficient (Wildman–Crippen LogP) is 1.57. The maximum atomic E-state index is 12.5. The summed E-state index contributed by atoms with van der Waals surface area (Å²) in [6.07, 6.45) is 3.04. The number of pyridine rings is 1. The van der Waals surface area contributed by atoms with Gasteiger partial charge in [-0.1, -0.05) is 12.1 Å². The van der Waals surface area contributed by atoms with Crippen molar-refractivity contribution in [3.63, 3.8) is 0 Å². The van der Waals surface area contributed by atoms with Gasteiger partial charge in [0, 0.05) is 18.9 Å². The second kappa shape index (κ2) is 6.27. The monoisotopic (exact) mass is 309 g/mol. The molecule has 2 N–H and O–H groups in total. The van der Waals surface area contributed by atoms with E-state index >= 15 is 0 Å². The average molecular weight is 309 g/mol. The van der Waals surface area contributed by atoms with E-state index < -0.39 is 0 Å². The summed E-state index contributed by atoms with van der Waals surface area (Å²) in [5.41, 5.74) is 6.07. The van der Waals surface area contributed by atoms with Crippen LogP contribution in [0, 0.1) is 0 Å². The molecule has 7 nitrogen and oxygen atoms in total. The summed E-state index contributed by atoms with van der Waals surface area (Å²) in [6, 6.07) is 10.4. The molecule has 2 aromatic heterocycles. The zero-order valence-corrected chi connectivity index (χ0v) is 12.5. The van der Waals surface area contributed by atoms with Crippen LogP contribution in [0.3, 0.4) is 0 Å². The molecule has 0 aliphatic rings. The lowest BCUT2D eigenvalue weighted by molar-refractivity contribution is 0.0961. The number of carbonyl (C=O) groups is 1. The highest BCUT2D eigenvalue weighted by atomic mass is 16.2. The van der Waals surface area contributed by atoms with Crippen LogP contribution in [0.5, 0.6) is 0 Å². The van der Waals surface area contributed by atoms with Crippen LogP contribution in [-0.2, 0) is 6.54 Å². The lowest BCUT2D eigenvalue weighted by atomic mass is 10.2. The normalized spacial score (nSPS) is 10.5. The Bertz CT molecular complexity index is 905. The molecule has 0 radical (unpaired) electrons. The van der Waals surface area contributed by atoms with Gasteiger partial charge in [-0.3, -0.25) is 30.0 Å². The van der Waals surface area contributed by atoms with Crippen LogP contribution in [-0.4, -0.2) is 20.4 Å². The van der Waals surface area contributed by atoms with Crippen molar-refractivity contribution < 1.29 is 4.79 Å². The number of para-hydroxylation sites is 1. The first kappa shape index (κ1) is 14.7. The summed E-state index contributed by atoms with van der Waals surface area (Å²) in [7, 11) is 0. The van der Waals surface area contributed by atoms with E-state index in [0.717, 1.165) is 0 Å². The van der Waals surface area contributed by atoms with Crippen molar-refractivity contribution in [2.75, 3.05) is 5.43 Å². The van der Waals surface area contributed by atoms with Crippen molar-refractivity contribution in [2.24, 2.45) is 0 Å². The lowest BCUT2D eigenvalue weighted by Gasteiger charge is -2.13. The first-order valence-corrected chi connectivity index (χ1v) is 7.16. The van der Waals surface area contributed by atoms with Crippen molar-refractivity contribution in [1.82, 2.24) is 20.0 Å². The molecule has 0 unspecified atom stereocenters. The Hall–Kier alpha value is -3.22. The highest BCUT2D eigenvalue weighted by molar-refractivity contribution is 5.94. The number of nitrogens with one attached hydrogen (secondary N) is 2. The van der Waals surface area contributed by atoms with Gasteiger partial charge in [0.25, 0.3) is 11.5 Å². The Labute approximate surface area is 132 Å². The standard InChI is InChI=1S/C16H15N5O2/c1-2-21-15(23)12-7-3-4-8-13(12)18-16(21)20-19-14(22)11-6-5-9-17-10-11/h3-10H,2H2,1H3,(H,18,20)(H,19,22). The maximum Gasteiger partial charge on any atom is 0.271 e. The molecule has 2 heterocycles. The molecule has 0 saturated heterocycles. The fourth-order valence-electron chi connectivity index (χ4n) is 2.24. The summed E-state index contributed by atoms with van der Waals surface area (Å²) < 4.78 is 1.46. The van der Waals surface area contributed by atoms with Crippen molar-refractivity contribution >= 4 is 22.8 Å². The lowest BCUT2D eigenvalue weighted by Crippen LogP contribution is -2.34. The van der Waals surface area contributed by atoms with Crippen LogP contribution >= 0.6 is 0 Å². The number of benzene rings is 1. The zero-order chi connectivity index (χ0) is 16.2. The molecule has 1 aromatic carbocycles. The van der Waals surface area contributed by atoms with Gasteiger partial charge in [0.1, 0.15) is 0 Å². The number of hydrogen-bond acceptors (Lipinski definition) is 5. The first-order chi connectivity index (χ1) is 11.2. The minimum absolute atomic E-state index is 0.156. The van der Waals surface area contributed by atoms with Crippen LogP contribution < -0.4 is 16.4 Å². The third kappa shape index (κ3) is 2.89. The molecular weight excluding hydrogens is 294 g/mol. The third-order valence-electron chi connectivity index (χ3n) is 3.39. The molecule has 0 atom stereocenters. The van der Waals surface area contributed by atoms with E-state index in [2.05, 4.69) is 20.8 Å². The van der Waals surface area contributed by atoms with Gasteiger partial charge in [-0.25, -0.2) is 4.98 Å². The van der Waals surface area contributed by atoms with E-state index in [-0.39, 0.29) is 17.4 Å². The maximum absolute atomic E-state index is 12.5. The molecule has 7 heteroatoms. The minimum atomic E-state index is -0.358. The molecule has 0 aliphatic carbocycles. The molecule has 3 aromatic rings. The van der Waals surface area contributed by atoms with Crippen LogP contribution in [0.1, 0.15) is 17.3 Å². The van der Waals surface area contributed by atoms with Gasteiger partial charge in [0.05, 0.1) is 16.5 Å². The Balaban J connectivity index is 1.91. The van der Waals surface area contributed by atoms with E-state index in [1.807, 2.05) is 13.0 Å². The minimum Gasteiger partial charge on any atom is -0.277 e. The number of hydrazine groups is 1. The van der Waals surface area contributed by atoms with Gasteiger partial charge in [-0.2, -0.15) is 0 Å². The molecule has 3 rings (SSSR count). The SMILES string of the molecule is CCn1c(NNC(=O)c2cccnc2)nc2ccccc2c1=O. The van der Waals surface area contributed by atoms with Gasteiger partial charge in [0.2, 0.25) is 5.95 Å². The van der Waals surface area contributed by atoms with Crippen molar-refractivity contribution in [1.29, 1.82) is 0 Å². The van der Waals surface area contributed by atoms with Crippen LogP contribution in [0.25, 0.3) is 10.9 Å². The number of carbonyl (C=O) groups excluding carboxylic acids is 1. The van der Waals surface area contributed by atoms with Crippen molar-refractivity contribution in [2.45, 2.75) is 13.5 Å². The summed E-state index contributed by atoms with van der Waals surface area (Å²) in [5.74, 6) is -0.0726. The fourth-order valence-corrected chi connectivity index (χ4v) is 2.24. The average Bonchev–Trinajstić information content (AvgIpc) is 2.60. The van der Waals surface area contributed by atoms with Crippen LogP contribution in [0.15, 0.2) is 53.6 Å². The second-order valence-corrected chi connectivity index (χ2v) is 4.82. The Morgan fingerprint density at radius 3 is 2.78 bits per heavy atom. The van der Waals surface area contributed by atoms with E-state index in [0.29, 0.717) is 23.0 Å². The number of anilines is 1. The van der Waals surface area contributed by atoms with Crippen LogP contribution in [0.2, 0.25) is 0 Å². The Kier molecular flexibility index (Phi) is 4.01. The third-order valence-corrected chi connectivity index (χ3v) is 3.39. The van der Waals surface area contributed by atoms with Crippen LogP contribution in [0.4, 0.5) is 5.95 Å². The molecule has 116 valence electrons. The first-order valence-electron chi connectivity index (χ1n) is 7.16. The quantitative estimate of drug-likeness (QED) is 0.714. The molecule has 0 aliphatic heterocycles. The second-order valence-electron chi connectivity index (χ2n) is 4.82. The van der Waals surface area contributed by atoms with E-state index in [1.54, 1.807) is 36.5 Å². The van der Waals surface area contributed by atoms with Gasteiger partial charge >= 0.3 is 0 Å². The van der Waals surface area contributed by atoms with Gasteiger partial charge in [-0.05, 0) is 31.2 Å². The molecule has 0 fully saturated rings. The fraction of sp³-hybridized carbons (Fsp3) is 0.125. The number of amides is 1. The number of nitrogens with zero attached hydrogens (tertiary/aromatic N) is 3. The van der Waals surface area contributed by atoms with Crippen molar-refractivity contribution in [3.8, 4) is 0 Å². The summed E-state index contributed by atoms with van der Waals surface area (Å²) in [6.45, 7) is 2.27. The smallest absolute Gasteiger partial charge is 0.271 e. The highest BCUT2D eigenvalue weighted by Crippen LogP contribution is 2.10. The van der Waals surface area contributed by atoms with Crippen molar-refractivity contribution in [3.05, 3.63) is 64.7 Å². The van der Waals surface area contributed by atoms with E-state index in [1.165, 1.54) is 10.8 Å². The zero-order valence-electron chi connectivity index (χ0n) is 12.5. The molecule has 1 amide bonds. The molecule has 23 heavy (non-hydrogen) atoms. The highest BCUT2D eigenvalue weighted by Gasteiger charge is 2.11. The molecule has 0 saturated carbocycles. The molecule has 0 bridgehead atoms. The summed E-state index contributed by atoms with van der Waals surface area (Å²) in [4.78, 5) is 32.8. The van der Waals surface area contributed by atoms with E-state index in [9.17, 15) is 9.59 Å².